The van der Waals surface area contributed by atoms with E-state index in [9.17, 15) is 14.0 Å². The van der Waals surface area contributed by atoms with Gasteiger partial charge in [0.1, 0.15) is 11.7 Å². The Morgan fingerprint density at radius 1 is 1.03 bits per heavy atom. The summed E-state index contributed by atoms with van der Waals surface area (Å²) in [5, 5.41) is 0. The molecule has 0 N–H and O–H groups in total. The summed E-state index contributed by atoms with van der Waals surface area (Å²) in [5.41, 5.74) is 3.72. The summed E-state index contributed by atoms with van der Waals surface area (Å²) in [6, 6.07) is 15.9. The Kier molecular flexibility index (Phi) is 5.14. The van der Waals surface area contributed by atoms with Crippen LogP contribution in [0.4, 0.5) is 4.39 Å². The first-order valence-corrected chi connectivity index (χ1v) is 9.69. The number of rotatable bonds is 3. The maximum Gasteiger partial charge on any atom is 0.315 e. The average molecular weight is 391 g/mol. The molecule has 2 aromatic carbocycles. The predicted octanol–water partition coefficient (Wildman–Crippen LogP) is 4.57. The van der Waals surface area contributed by atoms with Gasteiger partial charge in [-0.15, -0.1) is 0 Å². The summed E-state index contributed by atoms with van der Waals surface area (Å²) < 4.78 is 18.5. The van der Waals surface area contributed by atoms with Crippen LogP contribution in [0, 0.1) is 11.7 Å². The number of carbonyl (C=O) groups excluding carboxylic acids is 2. The van der Waals surface area contributed by atoms with Crippen molar-refractivity contribution >= 4 is 17.5 Å². The Morgan fingerprint density at radius 2 is 1.72 bits per heavy atom. The first-order chi connectivity index (χ1) is 14.0. The van der Waals surface area contributed by atoms with E-state index in [4.69, 9.17) is 4.74 Å². The largest absolute Gasteiger partial charge is 0.468 e. The van der Waals surface area contributed by atoms with Crippen molar-refractivity contribution in [2.75, 3.05) is 7.11 Å². The molecule has 0 radical (unpaired) electrons. The van der Waals surface area contributed by atoms with Crippen molar-refractivity contribution in [3.63, 3.8) is 0 Å². The highest BCUT2D eigenvalue weighted by atomic mass is 19.1. The summed E-state index contributed by atoms with van der Waals surface area (Å²) >= 11 is 0. The third-order valence-electron chi connectivity index (χ3n) is 5.84. The summed E-state index contributed by atoms with van der Waals surface area (Å²) in [5.74, 6) is -1.97. The van der Waals surface area contributed by atoms with Gasteiger partial charge in [0.15, 0.2) is 5.78 Å². The summed E-state index contributed by atoms with van der Waals surface area (Å²) in [7, 11) is 1.33. The molecule has 1 heterocycles. The van der Waals surface area contributed by atoms with Crippen molar-refractivity contribution in [2.45, 2.75) is 31.6 Å². The van der Waals surface area contributed by atoms with Gasteiger partial charge in [-0.1, -0.05) is 42.5 Å². The number of halogens is 1. The van der Waals surface area contributed by atoms with Gasteiger partial charge < -0.3 is 4.74 Å². The molecule has 1 aliphatic heterocycles. The molecule has 0 saturated carbocycles. The number of ketones is 1. The van der Waals surface area contributed by atoms with Crippen LogP contribution in [0.5, 0.6) is 0 Å². The van der Waals surface area contributed by atoms with E-state index in [1.807, 2.05) is 30.3 Å². The molecule has 5 heteroatoms. The van der Waals surface area contributed by atoms with Crippen LogP contribution in [-0.2, 0) is 14.3 Å². The smallest absolute Gasteiger partial charge is 0.315 e. The van der Waals surface area contributed by atoms with Crippen LogP contribution in [0.2, 0.25) is 0 Å². The molecule has 0 amide bonds. The molecule has 4 nitrogen and oxygen atoms in total. The first-order valence-electron chi connectivity index (χ1n) is 9.69. The highest BCUT2D eigenvalue weighted by Gasteiger charge is 2.44. The van der Waals surface area contributed by atoms with Crippen molar-refractivity contribution in [3.05, 3.63) is 82.8 Å². The van der Waals surface area contributed by atoms with Gasteiger partial charge >= 0.3 is 5.97 Å². The molecular formula is C24H22FNO3. The topological polar surface area (TPSA) is 55.7 Å². The minimum Gasteiger partial charge on any atom is -0.468 e. The molecule has 1 unspecified atom stereocenters. The van der Waals surface area contributed by atoms with Crippen molar-refractivity contribution in [1.82, 2.24) is 0 Å². The van der Waals surface area contributed by atoms with Crippen LogP contribution in [0.15, 0.2) is 70.9 Å². The molecule has 0 saturated heterocycles. The molecule has 0 bridgehead atoms. The molecule has 2 aliphatic rings. The zero-order chi connectivity index (χ0) is 20.5. The van der Waals surface area contributed by atoms with Crippen LogP contribution in [-0.4, -0.2) is 24.6 Å². The Bertz CT molecular complexity index is 1010. The molecule has 4 rings (SSSR count). The number of hydrogen-bond donors (Lipinski definition) is 0. The Labute approximate surface area is 169 Å². The van der Waals surface area contributed by atoms with Gasteiger partial charge in [0.05, 0.1) is 7.11 Å². The maximum absolute atomic E-state index is 13.5. The van der Waals surface area contributed by atoms with Crippen LogP contribution >= 0.6 is 0 Å². The second-order valence-corrected chi connectivity index (χ2v) is 7.58. The standard InChI is InChI=1S/C24H22FNO3/c1-14-21(24(28)29-2)22(16-8-10-18(25)11-9-16)23-19(26-14)12-17(13-20(23)27)15-6-4-3-5-7-15/h3-11,17,21-22H,12-13H2,1-2H3/t17-,21?,22-/m0/s1. The minimum absolute atomic E-state index is 0.0143. The van der Waals surface area contributed by atoms with Crippen molar-refractivity contribution in [2.24, 2.45) is 10.9 Å². The van der Waals surface area contributed by atoms with E-state index in [1.54, 1.807) is 19.1 Å². The number of aliphatic imine (C=N–C) groups is 1. The number of carbonyl (C=O) groups is 2. The number of benzene rings is 2. The lowest BCUT2D eigenvalue weighted by Gasteiger charge is -2.36. The summed E-state index contributed by atoms with van der Waals surface area (Å²) in [4.78, 5) is 30.5. The van der Waals surface area contributed by atoms with E-state index in [-0.39, 0.29) is 17.5 Å². The Balaban J connectivity index is 1.81. The molecule has 3 atom stereocenters. The fraction of sp³-hybridized carbons (Fsp3) is 0.292. The number of methoxy groups -OCH3 is 1. The van der Waals surface area contributed by atoms with Crippen LogP contribution in [0.1, 0.15) is 42.7 Å². The predicted molar refractivity (Wildman–Crippen MR) is 108 cm³/mol. The summed E-state index contributed by atoms with van der Waals surface area (Å²) in [6.45, 7) is 1.79. The number of allylic oxidation sites excluding steroid dienone is 2. The van der Waals surface area contributed by atoms with Crippen molar-refractivity contribution in [3.8, 4) is 0 Å². The van der Waals surface area contributed by atoms with Gasteiger partial charge in [0.2, 0.25) is 0 Å². The molecule has 29 heavy (non-hydrogen) atoms. The molecule has 1 aliphatic carbocycles. The molecule has 2 aromatic rings. The van der Waals surface area contributed by atoms with Crippen molar-refractivity contribution < 1.29 is 18.7 Å². The molecule has 0 aromatic heterocycles. The second kappa shape index (κ2) is 7.74. The van der Waals surface area contributed by atoms with Gasteiger partial charge in [-0.2, -0.15) is 0 Å². The molecule has 0 spiro atoms. The first kappa shape index (κ1) is 19.2. The number of hydrogen-bond acceptors (Lipinski definition) is 4. The molecule has 148 valence electrons. The van der Waals surface area contributed by atoms with E-state index >= 15 is 0 Å². The van der Waals surface area contributed by atoms with E-state index in [2.05, 4.69) is 4.99 Å². The van der Waals surface area contributed by atoms with Gasteiger partial charge in [-0.3, -0.25) is 14.6 Å². The van der Waals surface area contributed by atoms with E-state index < -0.39 is 17.8 Å². The van der Waals surface area contributed by atoms with Crippen LogP contribution in [0.3, 0.4) is 0 Å². The fourth-order valence-electron chi connectivity index (χ4n) is 4.48. The highest BCUT2D eigenvalue weighted by Crippen LogP contribution is 2.46. The van der Waals surface area contributed by atoms with Gasteiger partial charge in [-0.25, -0.2) is 4.39 Å². The Hall–Kier alpha value is -3.08. The van der Waals surface area contributed by atoms with Crippen LogP contribution in [0.25, 0.3) is 0 Å². The number of Topliss-reactive ketones (excluding diaryl/α,β-unsaturated/α-hetero) is 1. The highest BCUT2D eigenvalue weighted by molar-refractivity contribution is 6.09. The quantitative estimate of drug-likeness (QED) is 0.720. The van der Waals surface area contributed by atoms with Gasteiger partial charge in [0, 0.05) is 29.3 Å². The number of nitrogens with zero attached hydrogens (tertiary/aromatic N) is 1. The average Bonchev–Trinajstić information content (AvgIpc) is 2.73. The van der Waals surface area contributed by atoms with E-state index in [0.717, 1.165) is 16.8 Å². The summed E-state index contributed by atoms with van der Waals surface area (Å²) in [6.07, 6.45) is 0.997. The zero-order valence-corrected chi connectivity index (χ0v) is 16.4. The monoisotopic (exact) mass is 391 g/mol. The fourth-order valence-corrected chi connectivity index (χ4v) is 4.48. The maximum atomic E-state index is 13.5. The minimum atomic E-state index is -0.693. The van der Waals surface area contributed by atoms with Gasteiger partial charge in [0.25, 0.3) is 0 Å². The van der Waals surface area contributed by atoms with E-state index in [0.29, 0.717) is 24.1 Å². The van der Waals surface area contributed by atoms with Gasteiger partial charge in [-0.05, 0) is 42.5 Å². The normalized spacial score (nSPS) is 24.0. The zero-order valence-electron chi connectivity index (χ0n) is 16.4. The Morgan fingerprint density at radius 3 is 2.38 bits per heavy atom. The molecule has 0 fully saturated rings. The lowest BCUT2D eigenvalue weighted by atomic mass is 9.69. The lowest BCUT2D eigenvalue weighted by molar-refractivity contribution is -0.143. The number of ether oxygens (including phenoxy) is 1. The van der Waals surface area contributed by atoms with E-state index in [1.165, 1.54) is 19.2 Å². The van der Waals surface area contributed by atoms with Crippen LogP contribution < -0.4 is 0 Å². The third kappa shape index (κ3) is 3.53. The number of esters is 1. The van der Waals surface area contributed by atoms with Crippen molar-refractivity contribution in [1.29, 1.82) is 0 Å². The second-order valence-electron chi connectivity index (χ2n) is 7.58. The SMILES string of the molecule is COC(=O)C1C(C)=NC2=C(C(=O)C[C@@H](c3ccccc3)C2)[C@H]1c1ccc(F)cc1. The lowest BCUT2D eigenvalue weighted by Crippen LogP contribution is -2.37. The molecular weight excluding hydrogens is 369 g/mol. The third-order valence-corrected chi connectivity index (χ3v) is 5.84.